The molecule has 4 rings (SSSR count). The molecule has 0 amide bonds. The minimum absolute atomic E-state index is 1.29. The molecule has 0 unspecified atom stereocenters. The van der Waals surface area contributed by atoms with Gasteiger partial charge in [0.25, 0.3) is 0 Å². The molecule has 1 nitrogen and oxygen atoms in total. The van der Waals surface area contributed by atoms with Crippen molar-refractivity contribution in [1.29, 1.82) is 0 Å². The number of aryl methyl sites for hydroxylation is 1. The van der Waals surface area contributed by atoms with Gasteiger partial charge in [-0.05, 0) is 30.0 Å². The van der Waals surface area contributed by atoms with Crippen molar-refractivity contribution < 1.29 is 0 Å². The molecule has 1 heteroatoms. The van der Waals surface area contributed by atoms with Crippen LogP contribution < -0.4 is 0 Å². The van der Waals surface area contributed by atoms with Crippen LogP contribution in [0.25, 0.3) is 27.2 Å². The second kappa shape index (κ2) is 3.36. The van der Waals surface area contributed by atoms with Crippen LogP contribution in [0.1, 0.15) is 5.56 Å². The van der Waals surface area contributed by atoms with Crippen molar-refractivity contribution in [1.82, 2.24) is 4.40 Å². The minimum atomic E-state index is 1.29. The second-order valence-electron chi connectivity index (χ2n) is 4.76. The van der Waals surface area contributed by atoms with Gasteiger partial charge in [0, 0.05) is 17.0 Å². The average Bonchev–Trinajstić information content (AvgIpc) is 2.73. The number of hydrogen-bond acceptors (Lipinski definition) is 0. The predicted octanol–water partition coefficient (Wildman–Crippen LogP) is 4.55. The fourth-order valence-corrected chi connectivity index (χ4v) is 2.93. The highest BCUT2D eigenvalue weighted by molar-refractivity contribution is 6.05. The van der Waals surface area contributed by atoms with E-state index in [0.29, 0.717) is 0 Å². The van der Waals surface area contributed by atoms with E-state index in [2.05, 4.69) is 72.1 Å². The summed E-state index contributed by atoms with van der Waals surface area (Å²) in [5.41, 5.74) is 3.98. The molecular weight excluding hydrogens is 218 g/mol. The molecule has 0 fully saturated rings. The Hall–Kier alpha value is -2.28. The Morgan fingerprint density at radius 1 is 0.778 bits per heavy atom. The number of pyridine rings is 1. The Bertz CT molecular complexity index is 884. The van der Waals surface area contributed by atoms with Gasteiger partial charge in [-0.15, -0.1) is 0 Å². The van der Waals surface area contributed by atoms with Gasteiger partial charge in [-0.25, -0.2) is 0 Å². The third kappa shape index (κ3) is 1.11. The van der Waals surface area contributed by atoms with Crippen LogP contribution in [0.2, 0.25) is 0 Å². The number of aromatic nitrogens is 1. The molecule has 0 saturated heterocycles. The monoisotopic (exact) mass is 231 g/mol. The molecule has 0 atom stereocenters. The van der Waals surface area contributed by atoms with E-state index in [1.165, 1.54) is 32.8 Å². The van der Waals surface area contributed by atoms with Gasteiger partial charge in [0.1, 0.15) is 0 Å². The fraction of sp³-hybridized carbons (Fsp3) is 0.0588. The van der Waals surface area contributed by atoms with Crippen LogP contribution in [0.15, 0.2) is 60.8 Å². The largest absolute Gasteiger partial charge is 0.316 e. The molecule has 0 saturated carbocycles. The summed E-state index contributed by atoms with van der Waals surface area (Å²) in [6.07, 6.45) is 2.17. The van der Waals surface area contributed by atoms with Gasteiger partial charge in [-0.1, -0.05) is 42.5 Å². The lowest BCUT2D eigenvalue weighted by molar-refractivity contribution is 1.26. The third-order valence-electron chi connectivity index (χ3n) is 3.78. The van der Waals surface area contributed by atoms with Gasteiger partial charge >= 0.3 is 0 Å². The molecule has 0 N–H and O–H groups in total. The molecule has 18 heavy (non-hydrogen) atoms. The molecular formula is C17H13N. The summed E-state index contributed by atoms with van der Waals surface area (Å²) in [5, 5.41) is 3.97. The van der Waals surface area contributed by atoms with Crippen molar-refractivity contribution in [3.8, 4) is 0 Å². The van der Waals surface area contributed by atoms with Crippen molar-refractivity contribution in [2.45, 2.75) is 6.92 Å². The van der Waals surface area contributed by atoms with E-state index in [4.69, 9.17) is 0 Å². The Balaban J connectivity index is 2.39. The molecule has 4 aromatic rings. The highest BCUT2D eigenvalue weighted by atomic mass is 14.9. The number of fused-ring (bicyclic) bond motifs is 5. The summed E-state index contributed by atoms with van der Waals surface area (Å²) >= 11 is 0. The van der Waals surface area contributed by atoms with E-state index < -0.39 is 0 Å². The van der Waals surface area contributed by atoms with E-state index in [-0.39, 0.29) is 0 Å². The smallest absolute Gasteiger partial charge is 0.0570 e. The maximum Gasteiger partial charge on any atom is 0.0570 e. The van der Waals surface area contributed by atoms with Crippen molar-refractivity contribution in [2.75, 3.05) is 0 Å². The molecule has 0 aliphatic carbocycles. The van der Waals surface area contributed by atoms with Crippen LogP contribution in [0.4, 0.5) is 0 Å². The zero-order valence-corrected chi connectivity index (χ0v) is 10.2. The molecule has 0 radical (unpaired) electrons. The predicted molar refractivity (Wildman–Crippen MR) is 77.1 cm³/mol. The first-order valence-corrected chi connectivity index (χ1v) is 6.23. The zero-order chi connectivity index (χ0) is 12.1. The van der Waals surface area contributed by atoms with Gasteiger partial charge in [-0.2, -0.15) is 0 Å². The van der Waals surface area contributed by atoms with Gasteiger partial charge < -0.3 is 4.40 Å². The maximum atomic E-state index is 2.30. The summed E-state index contributed by atoms with van der Waals surface area (Å²) in [6, 6.07) is 19.4. The van der Waals surface area contributed by atoms with Crippen LogP contribution in [0.3, 0.4) is 0 Å². The van der Waals surface area contributed by atoms with Crippen LogP contribution in [-0.2, 0) is 0 Å². The van der Waals surface area contributed by atoms with Crippen molar-refractivity contribution in [2.24, 2.45) is 0 Å². The molecule has 0 bridgehead atoms. The third-order valence-corrected chi connectivity index (χ3v) is 3.78. The highest BCUT2D eigenvalue weighted by Crippen LogP contribution is 2.30. The highest BCUT2D eigenvalue weighted by Gasteiger charge is 2.09. The molecule has 0 spiro atoms. The lowest BCUT2D eigenvalue weighted by atomic mass is 10.1. The van der Waals surface area contributed by atoms with Crippen molar-refractivity contribution in [3.05, 3.63) is 66.4 Å². The van der Waals surface area contributed by atoms with Gasteiger partial charge in [0.2, 0.25) is 0 Å². The fourth-order valence-electron chi connectivity index (χ4n) is 2.93. The Labute approximate surface area is 105 Å². The second-order valence-corrected chi connectivity index (χ2v) is 4.76. The number of benzene rings is 2. The summed E-state index contributed by atoms with van der Waals surface area (Å²) < 4.78 is 2.30. The summed E-state index contributed by atoms with van der Waals surface area (Å²) in [4.78, 5) is 0. The zero-order valence-electron chi connectivity index (χ0n) is 10.2. The van der Waals surface area contributed by atoms with E-state index in [1.807, 2.05) is 0 Å². The SMILES string of the molecule is Cc1c2ccccc2n2ccc3ccccc3c12. The lowest BCUT2D eigenvalue weighted by Crippen LogP contribution is -1.85. The molecule has 2 aromatic heterocycles. The first kappa shape index (κ1) is 9.72. The summed E-state index contributed by atoms with van der Waals surface area (Å²) in [5.74, 6) is 0. The van der Waals surface area contributed by atoms with E-state index in [9.17, 15) is 0 Å². The minimum Gasteiger partial charge on any atom is -0.316 e. The summed E-state index contributed by atoms with van der Waals surface area (Å²) in [6.45, 7) is 2.21. The summed E-state index contributed by atoms with van der Waals surface area (Å²) in [7, 11) is 0. The first-order valence-electron chi connectivity index (χ1n) is 6.23. The molecule has 86 valence electrons. The van der Waals surface area contributed by atoms with Gasteiger partial charge in [0.15, 0.2) is 0 Å². The Morgan fingerprint density at radius 3 is 2.39 bits per heavy atom. The molecule has 2 aromatic carbocycles. The number of rotatable bonds is 0. The van der Waals surface area contributed by atoms with Crippen molar-refractivity contribution in [3.63, 3.8) is 0 Å². The van der Waals surface area contributed by atoms with Gasteiger partial charge in [0.05, 0.1) is 11.0 Å². The number of para-hydroxylation sites is 1. The molecule has 2 heterocycles. The van der Waals surface area contributed by atoms with Crippen LogP contribution in [0, 0.1) is 6.92 Å². The number of nitrogens with zero attached hydrogens (tertiary/aromatic N) is 1. The standard InChI is InChI=1S/C17H13N/c1-12-14-7-4-5-9-16(14)18-11-10-13-6-2-3-8-15(13)17(12)18/h2-11H,1H3. The normalized spacial score (nSPS) is 11.6. The Morgan fingerprint density at radius 2 is 1.50 bits per heavy atom. The quantitative estimate of drug-likeness (QED) is 0.418. The van der Waals surface area contributed by atoms with E-state index >= 15 is 0 Å². The topological polar surface area (TPSA) is 4.41 Å². The van der Waals surface area contributed by atoms with E-state index in [0.717, 1.165) is 0 Å². The lowest BCUT2D eigenvalue weighted by Gasteiger charge is -2.03. The Kier molecular flexibility index (Phi) is 1.81. The molecule has 0 aliphatic heterocycles. The van der Waals surface area contributed by atoms with Crippen LogP contribution in [-0.4, -0.2) is 4.40 Å². The maximum absolute atomic E-state index is 2.30. The van der Waals surface area contributed by atoms with Crippen LogP contribution >= 0.6 is 0 Å². The molecule has 0 aliphatic rings. The van der Waals surface area contributed by atoms with Crippen LogP contribution in [0.5, 0.6) is 0 Å². The van der Waals surface area contributed by atoms with Crippen molar-refractivity contribution >= 4 is 27.2 Å². The first-order chi connectivity index (χ1) is 8.86. The average molecular weight is 231 g/mol. The van der Waals surface area contributed by atoms with E-state index in [1.54, 1.807) is 0 Å². The number of hydrogen-bond donors (Lipinski definition) is 0. The van der Waals surface area contributed by atoms with Gasteiger partial charge in [-0.3, -0.25) is 0 Å².